The van der Waals surface area contributed by atoms with Crippen LogP contribution in [0, 0.1) is 0 Å². The van der Waals surface area contributed by atoms with Crippen LogP contribution in [0.2, 0.25) is 0 Å². The highest BCUT2D eigenvalue weighted by Crippen LogP contribution is 2.26. The number of esters is 1. The third kappa shape index (κ3) is 4.14. The third-order valence-corrected chi connectivity index (χ3v) is 5.92. The maximum absolute atomic E-state index is 13.0. The molecule has 0 aliphatic carbocycles. The number of nitrogens with zero attached hydrogens (tertiary/aromatic N) is 1. The summed E-state index contributed by atoms with van der Waals surface area (Å²) in [5, 5.41) is 1.82. The smallest absolute Gasteiger partial charge is 0.324 e. The topological polar surface area (TPSA) is 63.7 Å². The molecule has 6 heteroatoms. The molecule has 0 unspecified atom stereocenters. The number of benzene rings is 2. The molecule has 0 bridgehead atoms. The van der Waals surface area contributed by atoms with E-state index in [1.54, 1.807) is 31.2 Å². The number of hydrogen-bond donors (Lipinski definition) is 0. The molecule has 1 atom stereocenters. The highest BCUT2D eigenvalue weighted by molar-refractivity contribution is 7.89. The van der Waals surface area contributed by atoms with E-state index in [0.29, 0.717) is 6.42 Å². The SMILES string of the molecule is CC.CCOC(=O)[C@H]1CC=CCN1S(=O)(=O)c1ccc2ccccc2c1. The number of carbonyl (C=O) groups is 1. The average Bonchev–Trinajstić information content (AvgIpc) is 2.69. The lowest BCUT2D eigenvalue weighted by Crippen LogP contribution is -2.47. The van der Waals surface area contributed by atoms with Crippen LogP contribution in [0.5, 0.6) is 0 Å². The molecule has 2 aromatic rings. The molecule has 0 saturated carbocycles. The minimum Gasteiger partial charge on any atom is -0.465 e. The van der Waals surface area contributed by atoms with Gasteiger partial charge in [0, 0.05) is 6.54 Å². The van der Waals surface area contributed by atoms with Crippen LogP contribution >= 0.6 is 0 Å². The number of hydrogen-bond acceptors (Lipinski definition) is 4. The standard InChI is InChI=1S/C18H19NO4S.C2H6/c1-2-23-18(20)17-9-5-6-12-19(17)24(21,22)16-11-10-14-7-3-4-8-15(14)13-16;1-2/h3-8,10-11,13,17H,2,9,12H2,1H3;1-2H3/t17-;/m1./s1. The zero-order valence-corrected chi connectivity index (χ0v) is 16.2. The molecule has 0 aromatic heterocycles. The molecular formula is C20H25NO4S. The normalized spacial score (nSPS) is 17.4. The number of ether oxygens (including phenoxy) is 1. The Labute approximate surface area is 155 Å². The first-order chi connectivity index (χ1) is 12.5. The maximum Gasteiger partial charge on any atom is 0.324 e. The Morgan fingerprint density at radius 2 is 1.81 bits per heavy atom. The van der Waals surface area contributed by atoms with Gasteiger partial charge in [0.25, 0.3) is 0 Å². The van der Waals surface area contributed by atoms with Crippen LogP contribution in [-0.4, -0.2) is 37.9 Å². The van der Waals surface area contributed by atoms with Gasteiger partial charge in [-0.2, -0.15) is 4.31 Å². The fourth-order valence-electron chi connectivity index (χ4n) is 2.83. The maximum atomic E-state index is 13.0. The predicted molar refractivity (Wildman–Crippen MR) is 103 cm³/mol. The monoisotopic (exact) mass is 375 g/mol. The fraction of sp³-hybridized carbons (Fsp3) is 0.350. The Morgan fingerprint density at radius 1 is 1.12 bits per heavy atom. The van der Waals surface area contributed by atoms with Gasteiger partial charge in [0.05, 0.1) is 11.5 Å². The van der Waals surface area contributed by atoms with Gasteiger partial charge in [-0.25, -0.2) is 8.42 Å². The van der Waals surface area contributed by atoms with Gasteiger partial charge in [-0.05, 0) is 36.2 Å². The van der Waals surface area contributed by atoms with Gasteiger partial charge in [-0.3, -0.25) is 4.79 Å². The Balaban J connectivity index is 0.00000117. The molecule has 0 fully saturated rings. The lowest BCUT2D eigenvalue weighted by Gasteiger charge is -2.30. The molecule has 0 spiro atoms. The van der Waals surface area contributed by atoms with Crippen molar-refractivity contribution in [2.45, 2.75) is 38.1 Å². The Hall–Kier alpha value is -2.18. The van der Waals surface area contributed by atoms with Gasteiger partial charge in [0.15, 0.2) is 0 Å². The van der Waals surface area contributed by atoms with E-state index in [-0.39, 0.29) is 18.0 Å². The van der Waals surface area contributed by atoms with E-state index in [1.807, 2.05) is 44.2 Å². The largest absolute Gasteiger partial charge is 0.465 e. The first kappa shape index (κ1) is 20.1. The molecule has 1 heterocycles. The Morgan fingerprint density at radius 3 is 2.50 bits per heavy atom. The van der Waals surface area contributed by atoms with E-state index in [1.165, 1.54) is 4.31 Å². The number of rotatable bonds is 4. The van der Waals surface area contributed by atoms with Crippen molar-refractivity contribution >= 4 is 26.8 Å². The summed E-state index contributed by atoms with van der Waals surface area (Å²) < 4.78 is 32.3. The van der Waals surface area contributed by atoms with Crippen LogP contribution < -0.4 is 0 Å². The zero-order valence-electron chi connectivity index (χ0n) is 15.4. The first-order valence-electron chi connectivity index (χ1n) is 8.86. The van der Waals surface area contributed by atoms with E-state index in [2.05, 4.69) is 0 Å². The van der Waals surface area contributed by atoms with E-state index in [9.17, 15) is 13.2 Å². The Kier molecular flexibility index (Phi) is 6.94. The van der Waals surface area contributed by atoms with Crippen molar-refractivity contribution in [1.82, 2.24) is 4.31 Å². The number of carbonyl (C=O) groups excluding carboxylic acids is 1. The molecule has 26 heavy (non-hydrogen) atoms. The highest BCUT2D eigenvalue weighted by Gasteiger charge is 2.37. The quantitative estimate of drug-likeness (QED) is 0.603. The molecule has 0 amide bonds. The van der Waals surface area contributed by atoms with Gasteiger partial charge >= 0.3 is 5.97 Å². The van der Waals surface area contributed by atoms with Crippen molar-refractivity contribution in [2.75, 3.05) is 13.2 Å². The lowest BCUT2D eigenvalue weighted by molar-refractivity contribution is -0.147. The predicted octanol–water partition coefficient (Wildman–Crippen LogP) is 3.75. The summed E-state index contributed by atoms with van der Waals surface area (Å²) in [6, 6.07) is 11.8. The Bertz CT molecular complexity index is 890. The first-order valence-corrected chi connectivity index (χ1v) is 10.3. The lowest BCUT2D eigenvalue weighted by atomic mass is 10.1. The summed E-state index contributed by atoms with van der Waals surface area (Å²) in [5.74, 6) is -0.508. The van der Waals surface area contributed by atoms with Crippen molar-refractivity contribution in [2.24, 2.45) is 0 Å². The molecule has 140 valence electrons. The number of fused-ring (bicyclic) bond motifs is 1. The van der Waals surface area contributed by atoms with Crippen LogP contribution in [-0.2, 0) is 19.6 Å². The summed E-state index contributed by atoms with van der Waals surface area (Å²) in [4.78, 5) is 12.3. The van der Waals surface area contributed by atoms with Crippen molar-refractivity contribution in [1.29, 1.82) is 0 Å². The molecule has 0 radical (unpaired) electrons. The molecular weight excluding hydrogens is 350 g/mol. The van der Waals surface area contributed by atoms with Gasteiger partial charge < -0.3 is 4.74 Å². The van der Waals surface area contributed by atoms with E-state index >= 15 is 0 Å². The zero-order chi connectivity index (χ0) is 19.2. The van der Waals surface area contributed by atoms with Crippen LogP contribution in [0.15, 0.2) is 59.5 Å². The van der Waals surface area contributed by atoms with E-state index in [4.69, 9.17) is 4.74 Å². The van der Waals surface area contributed by atoms with Crippen molar-refractivity contribution < 1.29 is 17.9 Å². The molecule has 5 nitrogen and oxygen atoms in total. The van der Waals surface area contributed by atoms with Gasteiger partial charge in [-0.15, -0.1) is 0 Å². The van der Waals surface area contributed by atoms with Gasteiger partial charge in [0.1, 0.15) is 6.04 Å². The number of sulfonamides is 1. The third-order valence-electron chi connectivity index (χ3n) is 4.05. The van der Waals surface area contributed by atoms with E-state index < -0.39 is 22.0 Å². The summed E-state index contributed by atoms with van der Waals surface area (Å²) >= 11 is 0. The van der Waals surface area contributed by atoms with Crippen LogP contribution in [0.1, 0.15) is 27.2 Å². The minimum absolute atomic E-state index is 0.165. The second kappa shape index (κ2) is 8.96. The molecule has 2 aromatic carbocycles. The van der Waals surface area contributed by atoms with Crippen molar-refractivity contribution in [3.8, 4) is 0 Å². The molecule has 0 N–H and O–H groups in total. The summed E-state index contributed by atoms with van der Waals surface area (Å²) in [5.41, 5.74) is 0. The van der Waals surface area contributed by atoms with Crippen LogP contribution in [0.3, 0.4) is 0 Å². The van der Waals surface area contributed by atoms with Gasteiger partial charge in [0.2, 0.25) is 10.0 Å². The van der Waals surface area contributed by atoms with Crippen molar-refractivity contribution in [3.05, 3.63) is 54.6 Å². The van der Waals surface area contributed by atoms with Gasteiger partial charge in [-0.1, -0.05) is 56.3 Å². The van der Waals surface area contributed by atoms with E-state index in [0.717, 1.165) is 10.8 Å². The molecule has 0 saturated heterocycles. The molecule has 3 rings (SSSR count). The van der Waals surface area contributed by atoms with Crippen LogP contribution in [0.4, 0.5) is 0 Å². The molecule has 1 aliphatic rings. The molecule has 1 aliphatic heterocycles. The second-order valence-corrected chi connectivity index (χ2v) is 7.45. The summed E-state index contributed by atoms with van der Waals surface area (Å²) in [7, 11) is -3.78. The minimum atomic E-state index is -3.78. The van der Waals surface area contributed by atoms with Crippen LogP contribution in [0.25, 0.3) is 10.8 Å². The summed E-state index contributed by atoms with van der Waals surface area (Å²) in [6.45, 7) is 6.10. The average molecular weight is 375 g/mol. The van der Waals surface area contributed by atoms with Crippen molar-refractivity contribution in [3.63, 3.8) is 0 Å². The second-order valence-electron chi connectivity index (χ2n) is 5.56. The highest BCUT2D eigenvalue weighted by atomic mass is 32.2. The fourth-order valence-corrected chi connectivity index (χ4v) is 4.41. The summed E-state index contributed by atoms with van der Waals surface area (Å²) in [6.07, 6.45) is 3.90.